The second-order valence-electron chi connectivity index (χ2n) is 5.24. The van der Waals surface area contributed by atoms with Crippen molar-refractivity contribution in [3.05, 3.63) is 0 Å². The number of hydrogen-bond donors (Lipinski definition) is 1. The van der Waals surface area contributed by atoms with E-state index in [1.165, 1.54) is 38.5 Å². The van der Waals surface area contributed by atoms with E-state index in [2.05, 4.69) is 39.9 Å². The molecule has 2 nitrogen and oxygen atoms in total. The Bertz CT molecular complexity index is 161. The van der Waals surface area contributed by atoms with E-state index in [1.54, 1.807) is 0 Å². The first-order valence-electron chi connectivity index (χ1n) is 7.50. The summed E-state index contributed by atoms with van der Waals surface area (Å²) in [6, 6.07) is 0.452. The van der Waals surface area contributed by atoms with Crippen molar-refractivity contribution in [2.45, 2.75) is 91.4 Å². The summed E-state index contributed by atoms with van der Waals surface area (Å²) in [5.41, 5.74) is 0. The molecule has 17 heavy (non-hydrogen) atoms. The van der Waals surface area contributed by atoms with E-state index < -0.39 is 0 Å². The summed E-state index contributed by atoms with van der Waals surface area (Å²) in [4.78, 5) is 0. The van der Waals surface area contributed by atoms with Gasteiger partial charge in [0.25, 0.3) is 0 Å². The summed E-state index contributed by atoms with van der Waals surface area (Å²) in [6.07, 6.45) is 8.41. The molecule has 0 rings (SSSR count). The highest BCUT2D eigenvalue weighted by molar-refractivity contribution is 4.69. The second-order valence-corrected chi connectivity index (χ2v) is 5.24. The molecule has 0 aliphatic carbocycles. The minimum absolute atomic E-state index is 0.308. The molecule has 0 radical (unpaired) electrons. The zero-order chi connectivity index (χ0) is 13.1. The van der Waals surface area contributed by atoms with Crippen LogP contribution < -0.4 is 5.32 Å². The van der Waals surface area contributed by atoms with Gasteiger partial charge in [-0.2, -0.15) is 0 Å². The predicted molar refractivity (Wildman–Crippen MR) is 76.5 cm³/mol. The van der Waals surface area contributed by atoms with Crippen LogP contribution in [0.15, 0.2) is 0 Å². The molecule has 1 N–H and O–H groups in total. The number of unbranched alkanes of at least 4 members (excludes halogenated alkanes) is 3. The maximum atomic E-state index is 6.03. The summed E-state index contributed by atoms with van der Waals surface area (Å²) in [5, 5.41) is 3.49. The smallest absolute Gasteiger partial charge is 0.0700 e. The van der Waals surface area contributed by atoms with Gasteiger partial charge in [0.2, 0.25) is 0 Å². The molecule has 2 heteroatoms. The van der Waals surface area contributed by atoms with Crippen LogP contribution in [0.1, 0.15) is 73.1 Å². The first-order chi connectivity index (χ1) is 8.11. The molecule has 0 saturated heterocycles. The maximum absolute atomic E-state index is 6.03. The maximum Gasteiger partial charge on any atom is 0.0700 e. The van der Waals surface area contributed by atoms with Crippen molar-refractivity contribution in [3.8, 4) is 0 Å². The van der Waals surface area contributed by atoms with Crippen molar-refractivity contribution in [2.75, 3.05) is 6.54 Å². The number of rotatable bonds is 11. The Morgan fingerprint density at radius 1 is 0.941 bits per heavy atom. The van der Waals surface area contributed by atoms with Crippen LogP contribution in [0, 0.1) is 0 Å². The molecule has 0 saturated carbocycles. The fraction of sp³-hybridized carbons (Fsp3) is 1.00. The summed E-state index contributed by atoms with van der Waals surface area (Å²) in [5.74, 6) is 0. The standard InChI is InChI=1S/C15H33NO/c1-6-8-9-10-11-13(3)17-15(5)14(4)16-12-7-2/h13-16H,6-12H2,1-5H3. The highest BCUT2D eigenvalue weighted by atomic mass is 16.5. The highest BCUT2D eigenvalue weighted by Gasteiger charge is 2.14. The molecular weight excluding hydrogens is 210 g/mol. The molecular formula is C15H33NO. The Balaban J connectivity index is 3.59. The van der Waals surface area contributed by atoms with Crippen molar-refractivity contribution in [3.63, 3.8) is 0 Å². The molecule has 0 spiro atoms. The van der Waals surface area contributed by atoms with Gasteiger partial charge in [-0.15, -0.1) is 0 Å². The van der Waals surface area contributed by atoms with E-state index in [1.807, 2.05) is 0 Å². The quantitative estimate of drug-likeness (QED) is 0.551. The molecule has 0 aliphatic heterocycles. The van der Waals surface area contributed by atoms with Gasteiger partial charge in [0.1, 0.15) is 0 Å². The van der Waals surface area contributed by atoms with E-state index >= 15 is 0 Å². The predicted octanol–water partition coefficient (Wildman–Crippen LogP) is 4.14. The van der Waals surface area contributed by atoms with Crippen LogP contribution in [0.3, 0.4) is 0 Å². The molecule has 0 fully saturated rings. The SMILES string of the molecule is CCCCCCC(C)OC(C)C(C)NCCC. The van der Waals surface area contributed by atoms with Gasteiger partial charge in [0.15, 0.2) is 0 Å². The van der Waals surface area contributed by atoms with E-state index in [9.17, 15) is 0 Å². The number of hydrogen-bond acceptors (Lipinski definition) is 2. The number of nitrogens with one attached hydrogen (secondary N) is 1. The molecule has 0 aromatic heterocycles. The van der Waals surface area contributed by atoms with Crippen molar-refractivity contribution in [1.82, 2.24) is 5.32 Å². The summed E-state index contributed by atoms with van der Waals surface area (Å²) in [6.45, 7) is 12.1. The Morgan fingerprint density at radius 3 is 2.24 bits per heavy atom. The summed E-state index contributed by atoms with van der Waals surface area (Å²) in [7, 11) is 0. The highest BCUT2D eigenvalue weighted by Crippen LogP contribution is 2.11. The minimum Gasteiger partial charge on any atom is -0.374 e. The van der Waals surface area contributed by atoms with Crippen LogP contribution in [-0.4, -0.2) is 24.8 Å². The lowest BCUT2D eigenvalue weighted by Crippen LogP contribution is -2.39. The first kappa shape index (κ1) is 16.9. The van der Waals surface area contributed by atoms with Crippen molar-refractivity contribution < 1.29 is 4.74 Å². The number of ether oxygens (including phenoxy) is 1. The van der Waals surface area contributed by atoms with Gasteiger partial charge in [0, 0.05) is 6.04 Å². The van der Waals surface area contributed by atoms with Crippen molar-refractivity contribution >= 4 is 0 Å². The lowest BCUT2D eigenvalue weighted by atomic mass is 10.1. The Morgan fingerprint density at radius 2 is 1.65 bits per heavy atom. The Labute approximate surface area is 109 Å². The zero-order valence-corrected chi connectivity index (χ0v) is 12.6. The molecule has 0 aliphatic rings. The van der Waals surface area contributed by atoms with Gasteiger partial charge in [-0.1, -0.05) is 39.5 Å². The van der Waals surface area contributed by atoms with Crippen LogP contribution >= 0.6 is 0 Å². The Hall–Kier alpha value is -0.0800. The van der Waals surface area contributed by atoms with Crippen molar-refractivity contribution in [2.24, 2.45) is 0 Å². The monoisotopic (exact) mass is 243 g/mol. The van der Waals surface area contributed by atoms with Gasteiger partial charge >= 0.3 is 0 Å². The third-order valence-corrected chi connectivity index (χ3v) is 3.33. The second kappa shape index (κ2) is 11.0. The van der Waals surface area contributed by atoms with Crippen LogP contribution in [0.4, 0.5) is 0 Å². The first-order valence-corrected chi connectivity index (χ1v) is 7.50. The molecule has 3 unspecified atom stereocenters. The fourth-order valence-corrected chi connectivity index (χ4v) is 1.95. The zero-order valence-electron chi connectivity index (χ0n) is 12.6. The summed E-state index contributed by atoms with van der Waals surface area (Å²) >= 11 is 0. The summed E-state index contributed by atoms with van der Waals surface area (Å²) < 4.78 is 6.03. The van der Waals surface area contributed by atoms with Gasteiger partial charge in [0.05, 0.1) is 12.2 Å². The van der Waals surface area contributed by atoms with Gasteiger partial charge < -0.3 is 10.1 Å². The van der Waals surface area contributed by atoms with Crippen LogP contribution in [0.5, 0.6) is 0 Å². The molecule has 0 heterocycles. The van der Waals surface area contributed by atoms with E-state index in [0.29, 0.717) is 18.2 Å². The largest absolute Gasteiger partial charge is 0.374 e. The third-order valence-electron chi connectivity index (χ3n) is 3.33. The Kier molecular flexibility index (Phi) is 11.0. The van der Waals surface area contributed by atoms with E-state index in [-0.39, 0.29) is 0 Å². The topological polar surface area (TPSA) is 21.3 Å². The van der Waals surface area contributed by atoms with Gasteiger partial charge in [-0.25, -0.2) is 0 Å². The molecule has 0 aromatic carbocycles. The van der Waals surface area contributed by atoms with Crippen LogP contribution in [0.2, 0.25) is 0 Å². The van der Waals surface area contributed by atoms with E-state index in [0.717, 1.165) is 6.54 Å². The lowest BCUT2D eigenvalue weighted by molar-refractivity contribution is -0.0134. The van der Waals surface area contributed by atoms with Crippen LogP contribution in [0.25, 0.3) is 0 Å². The molecule has 3 atom stereocenters. The van der Waals surface area contributed by atoms with E-state index in [4.69, 9.17) is 4.74 Å². The molecule has 104 valence electrons. The van der Waals surface area contributed by atoms with Crippen molar-refractivity contribution in [1.29, 1.82) is 0 Å². The lowest BCUT2D eigenvalue weighted by Gasteiger charge is -2.25. The fourth-order valence-electron chi connectivity index (χ4n) is 1.95. The van der Waals surface area contributed by atoms with Gasteiger partial charge in [-0.3, -0.25) is 0 Å². The molecule has 0 amide bonds. The minimum atomic E-state index is 0.308. The molecule has 0 aromatic rings. The normalized spacial score (nSPS) is 16.8. The van der Waals surface area contributed by atoms with Crippen LogP contribution in [-0.2, 0) is 4.74 Å². The molecule has 0 bridgehead atoms. The van der Waals surface area contributed by atoms with Gasteiger partial charge in [-0.05, 0) is 40.2 Å². The average molecular weight is 243 g/mol. The third kappa shape index (κ3) is 9.61. The average Bonchev–Trinajstić information content (AvgIpc) is 2.31.